The number of anilines is 1. The largest absolute Gasteiger partial charge is 0.481 e. The minimum Gasteiger partial charge on any atom is -0.481 e. The third-order valence-electron chi connectivity index (χ3n) is 6.36. The lowest BCUT2D eigenvalue weighted by Crippen LogP contribution is -2.41. The monoisotopic (exact) mass is 422 g/mol. The lowest BCUT2D eigenvalue weighted by atomic mass is 9.78. The first kappa shape index (κ1) is 20.3. The lowest BCUT2D eigenvalue weighted by molar-refractivity contribution is -0.147. The number of carboxylic acid groups (broad SMARTS) is 1. The second kappa shape index (κ2) is 7.70. The summed E-state index contributed by atoms with van der Waals surface area (Å²) in [5.41, 5.74) is 0.438. The highest BCUT2D eigenvalue weighted by Crippen LogP contribution is 2.44. The number of ether oxygens (including phenoxy) is 1. The average Bonchev–Trinajstić information content (AvgIpc) is 3.30. The number of fused-ring (bicyclic) bond motifs is 2. The molecule has 2 bridgehead atoms. The number of benzene rings is 1. The molecule has 1 aromatic carbocycles. The summed E-state index contributed by atoms with van der Waals surface area (Å²) >= 11 is 0. The van der Waals surface area contributed by atoms with Gasteiger partial charge in [-0.25, -0.2) is 8.42 Å². The maximum atomic E-state index is 12.8. The molecular weight excluding hydrogens is 396 g/mol. The maximum absolute atomic E-state index is 12.8. The maximum Gasteiger partial charge on any atom is 0.310 e. The van der Waals surface area contributed by atoms with E-state index in [1.165, 1.54) is 16.4 Å². The van der Waals surface area contributed by atoms with Crippen molar-refractivity contribution >= 4 is 27.6 Å². The van der Waals surface area contributed by atoms with Crippen LogP contribution in [0.15, 0.2) is 29.2 Å². The van der Waals surface area contributed by atoms with Crippen molar-refractivity contribution in [2.45, 2.75) is 49.7 Å². The number of nitrogens with zero attached hydrogens (tertiary/aromatic N) is 1. The van der Waals surface area contributed by atoms with Crippen molar-refractivity contribution in [1.82, 2.24) is 4.31 Å². The van der Waals surface area contributed by atoms with Crippen molar-refractivity contribution in [2.75, 3.05) is 18.4 Å². The van der Waals surface area contributed by atoms with Gasteiger partial charge < -0.3 is 15.2 Å². The fourth-order valence-electron chi connectivity index (χ4n) is 4.63. The van der Waals surface area contributed by atoms with Crippen LogP contribution in [0.2, 0.25) is 0 Å². The topological polar surface area (TPSA) is 113 Å². The van der Waals surface area contributed by atoms with Gasteiger partial charge in [0.1, 0.15) is 0 Å². The van der Waals surface area contributed by atoms with Gasteiger partial charge in [-0.15, -0.1) is 0 Å². The number of rotatable bonds is 5. The van der Waals surface area contributed by atoms with Crippen molar-refractivity contribution in [3.05, 3.63) is 24.3 Å². The second-order valence-electron chi connectivity index (χ2n) is 8.28. The normalized spacial score (nSPS) is 30.4. The fourth-order valence-corrected chi connectivity index (χ4v) is 6.10. The standard InChI is InChI=1S/C20H26N2O6S/c1-12-8-10-22(11-9-12)29(26,27)14-4-2-13(3-5-14)21-19(23)17-15-6-7-16(28-15)18(17)20(24)25/h2-5,12,15-18H,6-11H2,1H3,(H,21,23)(H,24,25)/t15-,16-,17+,18+/m1/s1. The predicted octanol–water partition coefficient (Wildman–Crippen LogP) is 1.92. The number of aliphatic carboxylic acids is 1. The Bertz CT molecular complexity index is 892. The Labute approximate surface area is 170 Å². The summed E-state index contributed by atoms with van der Waals surface area (Å²) in [5, 5.41) is 12.2. The van der Waals surface area contributed by atoms with E-state index in [0.29, 0.717) is 37.5 Å². The average molecular weight is 423 g/mol. The summed E-state index contributed by atoms with van der Waals surface area (Å²) in [7, 11) is -3.55. The molecule has 3 aliphatic rings. The van der Waals surface area contributed by atoms with Gasteiger partial charge in [-0.3, -0.25) is 9.59 Å². The third-order valence-corrected chi connectivity index (χ3v) is 8.28. The van der Waals surface area contributed by atoms with E-state index < -0.39 is 39.8 Å². The van der Waals surface area contributed by atoms with Crippen LogP contribution in [0, 0.1) is 17.8 Å². The third kappa shape index (κ3) is 3.78. The Morgan fingerprint density at radius 3 is 2.21 bits per heavy atom. The van der Waals surface area contributed by atoms with Crippen LogP contribution in [0.25, 0.3) is 0 Å². The summed E-state index contributed by atoms with van der Waals surface area (Å²) in [5.74, 6) is -2.46. The molecule has 3 fully saturated rings. The van der Waals surface area contributed by atoms with Gasteiger partial charge in [-0.2, -0.15) is 4.31 Å². The van der Waals surface area contributed by atoms with Crippen molar-refractivity contribution in [3.63, 3.8) is 0 Å². The van der Waals surface area contributed by atoms with Crippen LogP contribution in [0.4, 0.5) is 5.69 Å². The van der Waals surface area contributed by atoms with Crippen molar-refractivity contribution in [1.29, 1.82) is 0 Å². The minimum absolute atomic E-state index is 0.191. The first-order valence-electron chi connectivity index (χ1n) is 10.1. The van der Waals surface area contributed by atoms with E-state index >= 15 is 0 Å². The van der Waals surface area contributed by atoms with Gasteiger partial charge in [0.25, 0.3) is 0 Å². The SMILES string of the molecule is CC1CCN(S(=O)(=O)c2ccc(NC(=O)[C@@H]3[C@@H](C(=O)O)[C@H]4CC[C@H]3O4)cc2)CC1. The van der Waals surface area contributed by atoms with Gasteiger partial charge in [-0.1, -0.05) is 6.92 Å². The van der Waals surface area contributed by atoms with E-state index in [1.807, 2.05) is 0 Å². The van der Waals surface area contributed by atoms with Crippen LogP contribution in [0.3, 0.4) is 0 Å². The molecule has 4 atom stereocenters. The van der Waals surface area contributed by atoms with E-state index in [9.17, 15) is 23.1 Å². The summed E-state index contributed by atoms with van der Waals surface area (Å²) in [6.45, 7) is 3.16. The van der Waals surface area contributed by atoms with Crippen LogP contribution < -0.4 is 5.32 Å². The first-order chi connectivity index (χ1) is 13.8. The van der Waals surface area contributed by atoms with E-state index in [2.05, 4.69) is 12.2 Å². The van der Waals surface area contributed by atoms with Gasteiger partial charge in [0.2, 0.25) is 15.9 Å². The Balaban J connectivity index is 1.44. The summed E-state index contributed by atoms with van der Waals surface area (Å²) in [6.07, 6.45) is 2.26. The number of carbonyl (C=O) groups excluding carboxylic acids is 1. The summed E-state index contributed by atoms with van der Waals surface area (Å²) in [4.78, 5) is 24.4. The van der Waals surface area contributed by atoms with Crippen LogP contribution in [-0.4, -0.2) is 55.0 Å². The van der Waals surface area contributed by atoms with Crippen molar-refractivity contribution < 1.29 is 27.9 Å². The van der Waals surface area contributed by atoms with Crippen LogP contribution >= 0.6 is 0 Å². The fraction of sp³-hybridized carbons (Fsp3) is 0.600. The molecule has 1 amide bonds. The molecule has 1 aromatic rings. The molecule has 0 spiro atoms. The smallest absolute Gasteiger partial charge is 0.310 e. The second-order valence-corrected chi connectivity index (χ2v) is 10.2. The zero-order valence-corrected chi connectivity index (χ0v) is 17.1. The van der Waals surface area contributed by atoms with Crippen molar-refractivity contribution in [3.8, 4) is 0 Å². The van der Waals surface area contributed by atoms with E-state index in [0.717, 1.165) is 12.8 Å². The predicted molar refractivity (Wildman–Crippen MR) is 105 cm³/mol. The zero-order chi connectivity index (χ0) is 20.8. The number of amides is 1. The van der Waals surface area contributed by atoms with Crippen LogP contribution in [-0.2, 0) is 24.3 Å². The molecule has 158 valence electrons. The first-order valence-corrected chi connectivity index (χ1v) is 11.5. The number of sulfonamides is 1. The van der Waals surface area contributed by atoms with Gasteiger partial charge in [0.05, 0.1) is 28.9 Å². The van der Waals surface area contributed by atoms with Gasteiger partial charge in [0.15, 0.2) is 0 Å². The molecule has 0 radical (unpaired) electrons. The van der Waals surface area contributed by atoms with E-state index in [-0.39, 0.29) is 11.0 Å². The molecule has 29 heavy (non-hydrogen) atoms. The number of hydrogen-bond donors (Lipinski definition) is 2. The molecule has 0 saturated carbocycles. The van der Waals surface area contributed by atoms with Crippen LogP contribution in [0.1, 0.15) is 32.6 Å². The van der Waals surface area contributed by atoms with E-state index in [4.69, 9.17) is 4.74 Å². The van der Waals surface area contributed by atoms with Crippen LogP contribution in [0.5, 0.6) is 0 Å². The molecule has 3 heterocycles. The molecule has 3 saturated heterocycles. The zero-order valence-electron chi connectivity index (χ0n) is 16.3. The highest BCUT2D eigenvalue weighted by Gasteiger charge is 2.55. The number of hydrogen-bond acceptors (Lipinski definition) is 5. The lowest BCUT2D eigenvalue weighted by Gasteiger charge is -2.29. The Hall–Kier alpha value is -1.97. The van der Waals surface area contributed by atoms with Gasteiger partial charge >= 0.3 is 5.97 Å². The number of piperidine rings is 1. The quantitative estimate of drug-likeness (QED) is 0.750. The molecule has 0 aromatic heterocycles. The molecule has 8 nitrogen and oxygen atoms in total. The van der Waals surface area contributed by atoms with Crippen molar-refractivity contribution in [2.24, 2.45) is 17.8 Å². The Kier molecular flexibility index (Phi) is 5.39. The minimum atomic E-state index is -3.55. The highest BCUT2D eigenvalue weighted by atomic mass is 32.2. The molecule has 0 unspecified atom stereocenters. The molecule has 3 aliphatic heterocycles. The molecule has 9 heteroatoms. The number of nitrogens with one attached hydrogen (secondary N) is 1. The number of carboxylic acids is 1. The van der Waals surface area contributed by atoms with Gasteiger partial charge in [-0.05, 0) is 55.9 Å². The van der Waals surface area contributed by atoms with E-state index in [1.54, 1.807) is 12.1 Å². The Morgan fingerprint density at radius 1 is 1.03 bits per heavy atom. The highest BCUT2D eigenvalue weighted by molar-refractivity contribution is 7.89. The molecule has 2 N–H and O–H groups in total. The Morgan fingerprint density at radius 2 is 1.62 bits per heavy atom. The molecular formula is C20H26N2O6S. The number of carbonyl (C=O) groups is 2. The summed E-state index contributed by atoms with van der Waals surface area (Å²) < 4.78 is 32.7. The summed E-state index contributed by atoms with van der Waals surface area (Å²) in [6, 6.07) is 6.05. The van der Waals surface area contributed by atoms with Gasteiger partial charge in [0, 0.05) is 18.8 Å². The molecule has 0 aliphatic carbocycles. The molecule has 4 rings (SSSR count).